The van der Waals surface area contributed by atoms with E-state index in [1.165, 1.54) is 6.92 Å². The molecule has 0 aromatic heterocycles. The Bertz CT molecular complexity index is 338. The van der Waals surface area contributed by atoms with Crippen molar-refractivity contribution >= 4 is 5.91 Å². The molecule has 0 aliphatic rings. The lowest BCUT2D eigenvalue weighted by Gasteiger charge is -2.03. The van der Waals surface area contributed by atoms with Gasteiger partial charge in [-0.05, 0) is 24.3 Å². The van der Waals surface area contributed by atoms with E-state index < -0.39 is 0 Å². The molecule has 0 atom stereocenters. The van der Waals surface area contributed by atoms with Crippen molar-refractivity contribution in [2.45, 2.75) is 6.92 Å². The molecule has 0 saturated heterocycles. The average molecular weight is 176 g/mol. The third-order valence-electron chi connectivity index (χ3n) is 1.30. The Morgan fingerprint density at radius 2 is 2.08 bits per heavy atom. The van der Waals surface area contributed by atoms with Crippen molar-refractivity contribution in [1.29, 1.82) is 5.26 Å². The van der Waals surface area contributed by atoms with Crippen molar-refractivity contribution in [3.8, 4) is 11.8 Å². The molecule has 0 radical (unpaired) electrons. The van der Waals surface area contributed by atoms with Crippen LogP contribution >= 0.6 is 0 Å². The van der Waals surface area contributed by atoms with E-state index in [4.69, 9.17) is 10.1 Å². The minimum atomic E-state index is -0.274. The summed E-state index contributed by atoms with van der Waals surface area (Å²) >= 11 is 0. The van der Waals surface area contributed by atoms with Crippen LogP contribution in [0, 0.1) is 11.3 Å². The van der Waals surface area contributed by atoms with Crippen LogP contribution in [-0.4, -0.2) is 5.91 Å². The summed E-state index contributed by atoms with van der Waals surface area (Å²) in [7, 11) is 0. The zero-order valence-electron chi connectivity index (χ0n) is 7.07. The fourth-order valence-corrected chi connectivity index (χ4v) is 0.728. The lowest BCUT2D eigenvalue weighted by molar-refractivity contribution is -0.125. The summed E-state index contributed by atoms with van der Waals surface area (Å²) in [6.45, 7) is 1.35. The molecule has 13 heavy (non-hydrogen) atoms. The van der Waals surface area contributed by atoms with Crippen LogP contribution < -0.4 is 10.3 Å². The monoisotopic (exact) mass is 176 g/mol. The lowest BCUT2D eigenvalue weighted by atomic mass is 10.2. The third-order valence-corrected chi connectivity index (χ3v) is 1.30. The molecule has 1 amide bonds. The maximum absolute atomic E-state index is 10.5. The highest BCUT2D eigenvalue weighted by Gasteiger charge is 1.95. The number of benzene rings is 1. The molecule has 4 heteroatoms. The molecule has 0 aliphatic carbocycles. The number of hydrogen-bond donors (Lipinski definition) is 1. The second kappa shape index (κ2) is 4.12. The number of amides is 1. The van der Waals surface area contributed by atoms with Crippen LogP contribution in [0.2, 0.25) is 0 Å². The lowest BCUT2D eigenvalue weighted by Crippen LogP contribution is -2.23. The highest BCUT2D eigenvalue weighted by atomic mass is 16.7. The zero-order valence-corrected chi connectivity index (χ0v) is 7.07. The quantitative estimate of drug-likeness (QED) is 0.683. The first-order valence-corrected chi connectivity index (χ1v) is 3.66. The maximum atomic E-state index is 10.5. The van der Waals surface area contributed by atoms with Gasteiger partial charge in [0.25, 0.3) is 0 Å². The van der Waals surface area contributed by atoms with Crippen molar-refractivity contribution in [1.82, 2.24) is 5.48 Å². The second-order valence-corrected chi connectivity index (χ2v) is 2.40. The summed E-state index contributed by atoms with van der Waals surface area (Å²) < 4.78 is 0. The fourth-order valence-electron chi connectivity index (χ4n) is 0.728. The minimum Gasteiger partial charge on any atom is -0.380 e. The molecule has 1 rings (SSSR count). The standard InChI is InChI=1S/C9H8N2O2/c1-7(12)11-13-9-4-2-8(6-10)3-5-9/h2-5H,1H3,(H,11,12). The number of hydroxylamine groups is 1. The van der Waals surface area contributed by atoms with Crippen LogP contribution in [-0.2, 0) is 4.79 Å². The highest BCUT2D eigenvalue weighted by molar-refractivity contribution is 5.71. The number of nitrogens with zero attached hydrogens (tertiary/aromatic N) is 1. The van der Waals surface area contributed by atoms with E-state index in [0.717, 1.165) is 0 Å². The van der Waals surface area contributed by atoms with E-state index in [0.29, 0.717) is 11.3 Å². The van der Waals surface area contributed by atoms with Gasteiger partial charge in [-0.3, -0.25) is 4.79 Å². The van der Waals surface area contributed by atoms with Gasteiger partial charge in [0.1, 0.15) is 0 Å². The van der Waals surface area contributed by atoms with Crippen molar-refractivity contribution in [2.75, 3.05) is 0 Å². The molecule has 1 aromatic carbocycles. The van der Waals surface area contributed by atoms with Gasteiger partial charge in [0.2, 0.25) is 5.91 Å². The number of rotatable bonds is 2. The number of hydrogen-bond acceptors (Lipinski definition) is 3. The normalized spacial score (nSPS) is 8.62. The summed E-state index contributed by atoms with van der Waals surface area (Å²) in [5, 5.41) is 8.49. The van der Waals surface area contributed by atoms with E-state index in [2.05, 4.69) is 5.48 Å². The number of carbonyl (C=O) groups is 1. The fraction of sp³-hybridized carbons (Fsp3) is 0.111. The molecule has 0 bridgehead atoms. The van der Waals surface area contributed by atoms with Gasteiger partial charge in [-0.25, -0.2) is 0 Å². The molecule has 0 unspecified atom stereocenters. The Kier molecular flexibility index (Phi) is 2.87. The van der Waals surface area contributed by atoms with Crippen LogP contribution in [0.15, 0.2) is 24.3 Å². The maximum Gasteiger partial charge on any atom is 0.249 e. The van der Waals surface area contributed by atoms with E-state index in [9.17, 15) is 4.79 Å². The average Bonchev–Trinajstić information content (AvgIpc) is 2.15. The van der Waals surface area contributed by atoms with Crippen LogP contribution in [0.25, 0.3) is 0 Å². The van der Waals surface area contributed by atoms with Crippen molar-refractivity contribution in [3.05, 3.63) is 29.8 Å². The smallest absolute Gasteiger partial charge is 0.249 e. The van der Waals surface area contributed by atoms with Gasteiger partial charge >= 0.3 is 0 Å². The van der Waals surface area contributed by atoms with Gasteiger partial charge in [0.15, 0.2) is 5.75 Å². The molecule has 66 valence electrons. The van der Waals surface area contributed by atoms with Gasteiger partial charge in [0.05, 0.1) is 11.6 Å². The first-order valence-electron chi connectivity index (χ1n) is 3.66. The van der Waals surface area contributed by atoms with Gasteiger partial charge < -0.3 is 4.84 Å². The molecular formula is C9H8N2O2. The van der Waals surface area contributed by atoms with Crippen LogP contribution in [0.5, 0.6) is 5.75 Å². The van der Waals surface area contributed by atoms with E-state index in [1.807, 2.05) is 6.07 Å². The summed E-state index contributed by atoms with van der Waals surface area (Å²) in [5.74, 6) is 0.221. The van der Waals surface area contributed by atoms with E-state index >= 15 is 0 Å². The molecule has 0 saturated carbocycles. The van der Waals surface area contributed by atoms with Crippen LogP contribution in [0.1, 0.15) is 12.5 Å². The number of nitrogens with one attached hydrogen (secondary N) is 1. The molecule has 1 N–H and O–H groups in total. The van der Waals surface area contributed by atoms with E-state index in [-0.39, 0.29) is 5.91 Å². The van der Waals surface area contributed by atoms with Crippen molar-refractivity contribution in [2.24, 2.45) is 0 Å². The summed E-state index contributed by atoms with van der Waals surface area (Å²) in [6.07, 6.45) is 0. The molecule has 0 heterocycles. The SMILES string of the molecule is CC(=O)NOc1ccc(C#N)cc1. The Morgan fingerprint density at radius 3 is 2.54 bits per heavy atom. The molecule has 0 spiro atoms. The summed E-state index contributed by atoms with van der Waals surface area (Å²) in [5.41, 5.74) is 2.73. The predicted molar refractivity (Wildman–Crippen MR) is 45.6 cm³/mol. The Morgan fingerprint density at radius 1 is 1.46 bits per heavy atom. The second-order valence-electron chi connectivity index (χ2n) is 2.40. The van der Waals surface area contributed by atoms with Crippen molar-refractivity contribution < 1.29 is 9.63 Å². The zero-order chi connectivity index (χ0) is 9.68. The third kappa shape index (κ3) is 2.83. The number of nitriles is 1. The van der Waals surface area contributed by atoms with Gasteiger partial charge in [-0.2, -0.15) is 10.7 Å². The number of carbonyl (C=O) groups excluding carboxylic acids is 1. The largest absolute Gasteiger partial charge is 0.380 e. The molecule has 0 fully saturated rings. The Labute approximate surface area is 75.7 Å². The molecule has 4 nitrogen and oxygen atoms in total. The van der Waals surface area contributed by atoms with Gasteiger partial charge in [0, 0.05) is 6.92 Å². The van der Waals surface area contributed by atoms with Crippen molar-refractivity contribution in [3.63, 3.8) is 0 Å². The first kappa shape index (κ1) is 9.07. The Balaban J connectivity index is 2.60. The van der Waals surface area contributed by atoms with E-state index in [1.54, 1.807) is 24.3 Å². The van der Waals surface area contributed by atoms with Crippen LogP contribution in [0.3, 0.4) is 0 Å². The topological polar surface area (TPSA) is 62.1 Å². The molecule has 1 aromatic rings. The predicted octanol–water partition coefficient (Wildman–Crippen LogP) is 0.988. The summed E-state index contributed by atoms with van der Waals surface area (Å²) in [4.78, 5) is 15.3. The summed E-state index contributed by atoms with van der Waals surface area (Å²) in [6, 6.07) is 8.40. The highest BCUT2D eigenvalue weighted by Crippen LogP contribution is 2.09. The first-order chi connectivity index (χ1) is 6.22. The van der Waals surface area contributed by atoms with Crippen LogP contribution in [0.4, 0.5) is 0 Å². The van der Waals surface area contributed by atoms with Gasteiger partial charge in [-0.1, -0.05) is 0 Å². The minimum absolute atomic E-state index is 0.274. The molecule has 0 aliphatic heterocycles. The Hall–Kier alpha value is -2.02. The van der Waals surface area contributed by atoms with Gasteiger partial charge in [-0.15, -0.1) is 0 Å². The molecular weight excluding hydrogens is 168 g/mol.